The Morgan fingerprint density at radius 1 is 1.00 bits per heavy atom. The molecule has 3 rings (SSSR count). The van der Waals surface area contributed by atoms with Gasteiger partial charge in [-0.3, -0.25) is 4.79 Å². The van der Waals surface area contributed by atoms with Gasteiger partial charge in [-0.25, -0.2) is 0 Å². The van der Waals surface area contributed by atoms with Crippen LogP contribution in [-0.2, 0) is 4.79 Å². The highest BCUT2D eigenvalue weighted by molar-refractivity contribution is 5.94. The summed E-state index contributed by atoms with van der Waals surface area (Å²) in [5, 5.41) is 6.19. The predicted octanol–water partition coefficient (Wildman–Crippen LogP) is 3.98. The minimum absolute atomic E-state index is 0. The molecule has 0 radical (unpaired) electrons. The van der Waals surface area contributed by atoms with Crippen LogP contribution in [0.5, 0.6) is 11.5 Å². The second-order valence-electron chi connectivity index (χ2n) is 5.43. The predicted molar refractivity (Wildman–Crippen MR) is 94.5 cm³/mol. The van der Waals surface area contributed by atoms with Gasteiger partial charge in [0.2, 0.25) is 5.91 Å². The molecule has 2 aromatic rings. The van der Waals surface area contributed by atoms with Crippen LogP contribution in [0.4, 0.5) is 5.69 Å². The molecule has 1 fully saturated rings. The lowest BCUT2D eigenvalue weighted by molar-refractivity contribution is -0.118. The van der Waals surface area contributed by atoms with E-state index in [-0.39, 0.29) is 24.4 Å². The van der Waals surface area contributed by atoms with Crippen molar-refractivity contribution in [1.29, 1.82) is 0 Å². The minimum atomic E-state index is -0.0750. The second kappa shape index (κ2) is 8.56. The number of rotatable bonds is 4. The summed E-state index contributed by atoms with van der Waals surface area (Å²) in [5.41, 5.74) is 0.790. The highest BCUT2D eigenvalue weighted by Crippen LogP contribution is 2.22. The summed E-state index contributed by atoms with van der Waals surface area (Å²) in [6.45, 7) is 0.919. The van der Waals surface area contributed by atoms with E-state index in [0.29, 0.717) is 0 Å². The molecule has 0 unspecified atom stereocenters. The summed E-state index contributed by atoms with van der Waals surface area (Å²) in [6, 6.07) is 17.0. The van der Waals surface area contributed by atoms with Gasteiger partial charge in [0.25, 0.3) is 0 Å². The lowest BCUT2D eigenvalue weighted by Crippen LogP contribution is -2.43. The highest BCUT2D eigenvalue weighted by atomic mass is 35.5. The highest BCUT2D eigenvalue weighted by Gasteiger charge is 2.20. The van der Waals surface area contributed by atoms with Crippen molar-refractivity contribution in [1.82, 2.24) is 5.32 Å². The van der Waals surface area contributed by atoms with Crippen molar-refractivity contribution in [2.45, 2.75) is 25.3 Å². The van der Waals surface area contributed by atoms with Crippen molar-refractivity contribution in [2.75, 3.05) is 11.9 Å². The number of hydrogen-bond acceptors (Lipinski definition) is 3. The first-order valence-corrected chi connectivity index (χ1v) is 7.68. The van der Waals surface area contributed by atoms with Gasteiger partial charge in [0.05, 0.1) is 6.04 Å². The topological polar surface area (TPSA) is 50.4 Å². The zero-order valence-corrected chi connectivity index (χ0v) is 13.6. The molecule has 1 atom stereocenters. The van der Waals surface area contributed by atoms with E-state index in [4.69, 9.17) is 4.74 Å². The number of ether oxygens (including phenoxy) is 1. The van der Waals surface area contributed by atoms with Crippen molar-refractivity contribution in [3.63, 3.8) is 0 Å². The molecule has 2 N–H and O–H groups in total. The molecular formula is C18H21ClN2O2. The normalized spacial score (nSPS) is 17.0. The second-order valence-corrected chi connectivity index (χ2v) is 5.43. The summed E-state index contributed by atoms with van der Waals surface area (Å²) in [7, 11) is 0. The standard InChI is InChI=1S/C18H20N2O2.ClH/c21-18(17-8-4-5-13-19-17)20-14-9-11-16(12-10-14)22-15-6-2-1-3-7-15;/h1-3,6-7,9-12,17,19H,4-5,8,13H2,(H,20,21);1H/t17-;/m1./s1. The first-order chi connectivity index (χ1) is 10.8. The van der Waals surface area contributed by atoms with Gasteiger partial charge >= 0.3 is 0 Å². The van der Waals surface area contributed by atoms with Crippen LogP contribution >= 0.6 is 12.4 Å². The number of halogens is 1. The van der Waals surface area contributed by atoms with E-state index in [2.05, 4.69) is 10.6 Å². The van der Waals surface area contributed by atoms with E-state index in [1.54, 1.807) is 0 Å². The Hall–Kier alpha value is -2.04. The number of carbonyl (C=O) groups excluding carboxylic acids is 1. The first-order valence-electron chi connectivity index (χ1n) is 7.68. The number of benzene rings is 2. The summed E-state index contributed by atoms with van der Waals surface area (Å²) in [6.07, 6.45) is 3.16. The van der Waals surface area contributed by atoms with Gasteiger partial charge in [-0.2, -0.15) is 0 Å². The van der Waals surface area contributed by atoms with E-state index in [1.807, 2.05) is 54.6 Å². The summed E-state index contributed by atoms with van der Waals surface area (Å²) in [5.74, 6) is 1.59. The third kappa shape index (κ3) is 4.98. The third-order valence-corrected chi connectivity index (χ3v) is 3.73. The Labute approximate surface area is 142 Å². The molecular weight excluding hydrogens is 312 g/mol. The average Bonchev–Trinajstić information content (AvgIpc) is 2.58. The maximum absolute atomic E-state index is 12.1. The van der Waals surface area contributed by atoms with Gasteiger partial charge in [-0.15, -0.1) is 12.4 Å². The maximum atomic E-state index is 12.1. The van der Waals surface area contributed by atoms with Crippen LogP contribution < -0.4 is 15.4 Å². The molecule has 2 aromatic carbocycles. The van der Waals surface area contributed by atoms with E-state index in [0.717, 1.165) is 43.0 Å². The average molecular weight is 333 g/mol. The van der Waals surface area contributed by atoms with Gasteiger partial charge < -0.3 is 15.4 Å². The van der Waals surface area contributed by atoms with Crippen LogP contribution in [0.15, 0.2) is 54.6 Å². The molecule has 4 nitrogen and oxygen atoms in total. The zero-order chi connectivity index (χ0) is 15.2. The van der Waals surface area contributed by atoms with E-state index in [1.165, 1.54) is 0 Å². The number of carbonyl (C=O) groups is 1. The van der Waals surface area contributed by atoms with Crippen molar-refractivity contribution in [2.24, 2.45) is 0 Å². The largest absolute Gasteiger partial charge is 0.457 e. The number of amides is 1. The van der Waals surface area contributed by atoms with Crippen LogP contribution in [0, 0.1) is 0 Å². The van der Waals surface area contributed by atoms with Gasteiger partial charge in [0.15, 0.2) is 0 Å². The third-order valence-electron chi connectivity index (χ3n) is 3.73. The lowest BCUT2D eigenvalue weighted by atomic mass is 10.0. The molecule has 0 spiro atoms. The van der Waals surface area contributed by atoms with Crippen molar-refractivity contribution in [3.05, 3.63) is 54.6 Å². The van der Waals surface area contributed by atoms with Crippen molar-refractivity contribution < 1.29 is 9.53 Å². The molecule has 0 saturated carbocycles. The van der Waals surface area contributed by atoms with Crippen LogP contribution in [-0.4, -0.2) is 18.5 Å². The Balaban J connectivity index is 0.00000192. The quantitative estimate of drug-likeness (QED) is 0.890. The Morgan fingerprint density at radius 2 is 1.70 bits per heavy atom. The van der Waals surface area contributed by atoms with Crippen LogP contribution in [0.3, 0.4) is 0 Å². The van der Waals surface area contributed by atoms with Gasteiger partial charge in [-0.1, -0.05) is 24.6 Å². The lowest BCUT2D eigenvalue weighted by Gasteiger charge is -2.22. The molecule has 5 heteroatoms. The number of hydrogen-bond donors (Lipinski definition) is 2. The van der Waals surface area contributed by atoms with Crippen molar-refractivity contribution >= 4 is 24.0 Å². The molecule has 1 aliphatic rings. The smallest absolute Gasteiger partial charge is 0.241 e. The fraction of sp³-hybridized carbons (Fsp3) is 0.278. The van der Waals surface area contributed by atoms with E-state index >= 15 is 0 Å². The summed E-state index contributed by atoms with van der Waals surface area (Å²) < 4.78 is 5.73. The minimum Gasteiger partial charge on any atom is -0.457 e. The Kier molecular flexibility index (Phi) is 6.44. The van der Waals surface area contributed by atoms with Gasteiger partial charge in [-0.05, 0) is 55.8 Å². The number of nitrogens with one attached hydrogen (secondary N) is 2. The molecule has 0 aromatic heterocycles. The van der Waals surface area contributed by atoms with Crippen molar-refractivity contribution in [3.8, 4) is 11.5 Å². The monoisotopic (exact) mass is 332 g/mol. The SMILES string of the molecule is Cl.O=C(Nc1ccc(Oc2ccccc2)cc1)[C@H]1CCCCN1. The van der Waals surface area contributed by atoms with E-state index in [9.17, 15) is 4.79 Å². The molecule has 1 saturated heterocycles. The summed E-state index contributed by atoms with van der Waals surface area (Å²) in [4.78, 5) is 12.1. The first kappa shape index (κ1) is 17.3. The van der Waals surface area contributed by atoms with Crippen LogP contribution in [0.2, 0.25) is 0 Å². The van der Waals surface area contributed by atoms with Crippen LogP contribution in [0.1, 0.15) is 19.3 Å². The Morgan fingerprint density at radius 3 is 2.35 bits per heavy atom. The van der Waals surface area contributed by atoms with Gasteiger partial charge in [0.1, 0.15) is 11.5 Å². The molecule has 0 aliphatic carbocycles. The number of anilines is 1. The van der Waals surface area contributed by atoms with Crippen LogP contribution in [0.25, 0.3) is 0 Å². The zero-order valence-electron chi connectivity index (χ0n) is 12.8. The molecule has 1 heterocycles. The summed E-state index contributed by atoms with van der Waals surface area (Å²) >= 11 is 0. The fourth-order valence-electron chi connectivity index (χ4n) is 2.54. The van der Waals surface area contributed by atoms with Gasteiger partial charge in [0, 0.05) is 5.69 Å². The van der Waals surface area contributed by atoms with E-state index < -0.39 is 0 Å². The Bertz CT molecular complexity index is 611. The molecule has 122 valence electrons. The molecule has 1 aliphatic heterocycles. The number of para-hydroxylation sites is 1. The molecule has 1 amide bonds. The maximum Gasteiger partial charge on any atom is 0.241 e. The fourth-order valence-corrected chi connectivity index (χ4v) is 2.54. The molecule has 23 heavy (non-hydrogen) atoms. The number of piperidine rings is 1. The molecule has 0 bridgehead atoms.